The third-order valence-corrected chi connectivity index (χ3v) is 3.23. The van der Waals surface area contributed by atoms with Crippen LogP contribution in [0.3, 0.4) is 0 Å². The number of carbonyl (C=O) groups excluding carboxylic acids is 3. The minimum atomic E-state index is -1.22. The fraction of sp³-hybridized carbons (Fsp3) is 0.636. The molecule has 0 aromatic rings. The van der Waals surface area contributed by atoms with Gasteiger partial charge in [0.05, 0.1) is 7.11 Å². The van der Waals surface area contributed by atoms with Gasteiger partial charge in [-0.15, -0.1) is 0 Å². The highest BCUT2D eigenvalue weighted by molar-refractivity contribution is 8.13. The minimum absolute atomic E-state index is 0.128. The average Bonchev–Trinajstić information content (AvgIpc) is 2.38. The molecule has 0 saturated heterocycles. The molecule has 1 amide bonds. The van der Waals surface area contributed by atoms with Gasteiger partial charge in [-0.3, -0.25) is 24.2 Å². The molecule has 0 spiro atoms. The van der Waals surface area contributed by atoms with Crippen LogP contribution in [0.5, 0.6) is 0 Å². The summed E-state index contributed by atoms with van der Waals surface area (Å²) < 4.78 is 4.39. The van der Waals surface area contributed by atoms with Crippen LogP contribution in [-0.2, 0) is 23.9 Å². The van der Waals surface area contributed by atoms with Crippen LogP contribution in [0.25, 0.3) is 0 Å². The first-order chi connectivity index (χ1) is 9.27. The van der Waals surface area contributed by atoms with Gasteiger partial charge in [-0.1, -0.05) is 18.7 Å². The Balaban J connectivity index is 4.57. The molecule has 1 atom stereocenters. The van der Waals surface area contributed by atoms with E-state index in [1.54, 1.807) is 6.92 Å². The van der Waals surface area contributed by atoms with Crippen molar-refractivity contribution in [2.45, 2.75) is 13.8 Å². The van der Waals surface area contributed by atoms with Crippen LogP contribution < -0.4 is 5.43 Å². The van der Waals surface area contributed by atoms with Crippen LogP contribution in [0.2, 0.25) is 0 Å². The van der Waals surface area contributed by atoms with Gasteiger partial charge in [0.2, 0.25) is 5.91 Å². The van der Waals surface area contributed by atoms with E-state index < -0.39 is 30.3 Å². The number of aliphatic carboxylic acids is 1. The van der Waals surface area contributed by atoms with E-state index in [9.17, 15) is 19.2 Å². The first-order valence-corrected chi connectivity index (χ1v) is 6.73. The number of nitrogens with zero attached hydrogens (tertiary/aromatic N) is 1. The third-order valence-electron chi connectivity index (χ3n) is 2.16. The molecule has 114 valence electrons. The van der Waals surface area contributed by atoms with Crippen LogP contribution in [0.15, 0.2) is 0 Å². The van der Waals surface area contributed by atoms with Gasteiger partial charge in [-0.05, 0) is 0 Å². The summed E-state index contributed by atoms with van der Waals surface area (Å²) in [5.74, 6) is -2.68. The second kappa shape index (κ2) is 9.32. The highest BCUT2D eigenvalue weighted by atomic mass is 32.2. The molecule has 2 N–H and O–H groups in total. The number of nitrogens with one attached hydrogen (secondary N) is 1. The molecule has 0 aromatic heterocycles. The van der Waals surface area contributed by atoms with E-state index in [2.05, 4.69) is 10.2 Å². The molecular weight excluding hydrogens is 288 g/mol. The quantitative estimate of drug-likeness (QED) is 0.455. The number of thioether (sulfide) groups is 1. The Morgan fingerprint density at radius 1 is 1.35 bits per heavy atom. The summed E-state index contributed by atoms with van der Waals surface area (Å²) in [6, 6.07) is 0. The molecule has 0 aromatic carbocycles. The first kappa shape index (κ1) is 18.4. The van der Waals surface area contributed by atoms with Crippen molar-refractivity contribution in [2.75, 3.05) is 26.0 Å². The highest BCUT2D eigenvalue weighted by Gasteiger charge is 2.23. The second-order valence-corrected chi connectivity index (χ2v) is 5.13. The summed E-state index contributed by atoms with van der Waals surface area (Å²) in [5.41, 5.74) is 2.40. The van der Waals surface area contributed by atoms with Crippen LogP contribution in [0.1, 0.15) is 13.8 Å². The smallest absolute Gasteiger partial charge is 0.324 e. The van der Waals surface area contributed by atoms with E-state index in [1.807, 2.05) is 0 Å². The lowest BCUT2D eigenvalue weighted by atomic mass is 10.2. The van der Waals surface area contributed by atoms with Gasteiger partial charge >= 0.3 is 11.9 Å². The summed E-state index contributed by atoms with van der Waals surface area (Å²) in [4.78, 5) is 44.6. The largest absolute Gasteiger partial charge is 0.480 e. The van der Waals surface area contributed by atoms with Gasteiger partial charge in [-0.2, -0.15) is 0 Å². The molecule has 9 heteroatoms. The van der Waals surface area contributed by atoms with Crippen LogP contribution in [-0.4, -0.2) is 59.0 Å². The van der Waals surface area contributed by atoms with Crippen LogP contribution >= 0.6 is 11.8 Å². The van der Waals surface area contributed by atoms with Crippen molar-refractivity contribution < 1.29 is 29.0 Å². The highest BCUT2D eigenvalue weighted by Crippen LogP contribution is 2.11. The molecule has 0 aliphatic heterocycles. The lowest BCUT2D eigenvalue weighted by Crippen LogP contribution is -2.50. The lowest BCUT2D eigenvalue weighted by Gasteiger charge is -2.24. The number of methoxy groups -OCH3 is 1. The number of esters is 1. The number of hydrogen-bond donors (Lipinski definition) is 2. The Hall–Kier alpha value is -1.61. The van der Waals surface area contributed by atoms with Gasteiger partial charge in [0.15, 0.2) is 5.12 Å². The van der Waals surface area contributed by atoms with Crippen molar-refractivity contribution in [2.24, 2.45) is 5.92 Å². The summed E-state index contributed by atoms with van der Waals surface area (Å²) in [6.07, 6.45) is 0. The van der Waals surface area contributed by atoms with E-state index in [1.165, 1.54) is 14.0 Å². The normalized spacial score (nSPS) is 11.6. The van der Waals surface area contributed by atoms with Crippen molar-refractivity contribution in [3.63, 3.8) is 0 Å². The van der Waals surface area contributed by atoms with E-state index in [0.717, 1.165) is 16.8 Å². The number of carboxylic acid groups (broad SMARTS) is 1. The maximum atomic E-state index is 12.0. The Morgan fingerprint density at radius 3 is 2.40 bits per heavy atom. The zero-order chi connectivity index (χ0) is 15.7. The predicted octanol–water partition coefficient (Wildman–Crippen LogP) is -0.507. The Kier molecular flexibility index (Phi) is 8.57. The third kappa shape index (κ3) is 7.74. The minimum Gasteiger partial charge on any atom is -0.480 e. The van der Waals surface area contributed by atoms with Crippen molar-refractivity contribution in [1.29, 1.82) is 0 Å². The van der Waals surface area contributed by atoms with Gasteiger partial charge in [-0.25, -0.2) is 5.43 Å². The molecule has 0 fully saturated rings. The molecule has 0 unspecified atom stereocenters. The van der Waals surface area contributed by atoms with Crippen LogP contribution in [0.4, 0.5) is 0 Å². The number of rotatable bonds is 8. The van der Waals surface area contributed by atoms with E-state index in [0.29, 0.717) is 0 Å². The molecule has 0 radical (unpaired) electrons. The van der Waals surface area contributed by atoms with Gasteiger partial charge in [0, 0.05) is 18.6 Å². The Morgan fingerprint density at radius 2 is 1.95 bits per heavy atom. The van der Waals surface area contributed by atoms with E-state index in [4.69, 9.17) is 5.11 Å². The van der Waals surface area contributed by atoms with Gasteiger partial charge < -0.3 is 9.84 Å². The Labute approximate surface area is 120 Å². The molecule has 0 bridgehead atoms. The van der Waals surface area contributed by atoms with Crippen molar-refractivity contribution in [3.8, 4) is 0 Å². The van der Waals surface area contributed by atoms with Crippen LogP contribution in [0, 0.1) is 5.92 Å². The maximum absolute atomic E-state index is 12.0. The monoisotopic (exact) mass is 306 g/mol. The molecule has 0 heterocycles. The van der Waals surface area contributed by atoms with E-state index >= 15 is 0 Å². The number of amides is 1. The number of carbonyl (C=O) groups is 4. The summed E-state index contributed by atoms with van der Waals surface area (Å²) in [5, 5.41) is 9.46. The van der Waals surface area contributed by atoms with E-state index in [-0.39, 0.29) is 17.4 Å². The topological polar surface area (TPSA) is 113 Å². The number of ether oxygens (including phenoxy) is 1. The average molecular weight is 306 g/mol. The summed E-state index contributed by atoms with van der Waals surface area (Å²) in [7, 11) is 1.18. The zero-order valence-corrected chi connectivity index (χ0v) is 12.4. The van der Waals surface area contributed by atoms with Crippen molar-refractivity contribution in [1.82, 2.24) is 10.4 Å². The predicted molar refractivity (Wildman–Crippen MR) is 71.7 cm³/mol. The second-order valence-electron chi connectivity index (χ2n) is 3.93. The molecule has 0 saturated carbocycles. The maximum Gasteiger partial charge on any atom is 0.324 e. The fourth-order valence-electron chi connectivity index (χ4n) is 1.16. The molecule has 8 nitrogen and oxygen atoms in total. The fourth-order valence-corrected chi connectivity index (χ4v) is 1.79. The van der Waals surface area contributed by atoms with Gasteiger partial charge in [0.1, 0.15) is 13.1 Å². The molecule has 0 aliphatic rings. The first-order valence-electron chi connectivity index (χ1n) is 5.74. The van der Waals surface area contributed by atoms with Gasteiger partial charge in [0.25, 0.3) is 0 Å². The number of hydrogen-bond acceptors (Lipinski definition) is 7. The molecule has 20 heavy (non-hydrogen) atoms. The Bertz CT molecular complexity index is 387. The lowest BCUT2D eigenvalue weighted by molar-refractivity contribution is -0.150. The van der Waals surface area contributed by atoms with Crippen molar-refractivity contribution in [3.05, 3.63) is 0 Å². The summed E-state index contributed by atoms with van der Waals surface area (Å²) >= 11 is 0.980. The SMILES string of the molecule is COC(=O)CNN(CC(=O)O)C(=O)[C@H](C)CSC(C)=O. The number of carboxylic acids is 1. The molecule has 0 rings (SSSR count). The summed E-state index contributed by atoms with van der Waals surface area (Å²) in [6.45, 7) is 2.05. The zero-order valence-electron chi connectivity index (χ0n) is 11.5. The molecule has 0 aliphatic carbocycles. The standard InChI is InChI=1S/C11H18N2O6S/c1-7(6-20-8(2)14)11(18)13(5-9(15)16)12-4-10(17)19-3/h7,12H,4-6H2,1-3H3,(H,15,16)/t7-/m1/s1. The molecular formula is C11H18N2O6S. The number of hydrazine groups is 1. The van der Waals surface area contributed by atoms with Crippen molar-refractivity contribution >= 4 is 34.7 Å².